The Morgan fingerprint density at radius 1 is 1.40 bits per heavy atom. The lowest BCUT2D eigenvalue weighted by Crippen LogP contribution is -2.32. The highest BCUT2D eigenvalue weighted by atomic mass is 32.2. The number of nitrogens with one attached hydrogen (secondary N) is 1. The van der Waals surface area contributed by atoms with E-state index >= 15 is 0 Å². The number of hydrogen-bond donors (Lipinski definition) is 1. The normalized spacial score (nSPS) is 28.4. The number of likely N-dealkylation sites (tertiary alicyclic amines) is 1. The van der Waals surface area contributed by atoms with Crippen LogP contribution in [0.3, 0.4) is 0 Å². The van der Waals surface area contributed by atoms with Gasteiger partial charge >= 0.3 is 0 Å². The molecule has 25 heavy (non-hydrogen) atoms. The molecule has 1 heterocycles. The molecule has 2 atom stereocenters. The first-order valence-corrected chi connectivity index (χ1v) is 10.6. The molecule has 1 aliphatic heterocycles. The Hall–Kier alpha value is -1.55. The maximum absolute atomic E-state index is 11.5. The Morgan fingerprint density at radius 2 is 2.12 bits per heavy atom. The van der Waals surface area contributed by atoms with Gasteiger partial charge in [-0.1, -0.05) is 25.0 Å². The average Bonchev–Trinajstić information content (AvgIpc) is 2.94. The van der Waals surface area contributed by atoms with Gasteiger partial charge in [0.1, 0.15) is 6.61 Å². The minimum atomic E-state index is -3.25. The number of hydrogen-bond acceptors (Lipinski definition) is 4. The molecule has 2 unspecified atom stereocenters. The number of terminal acetylenes is 1. The van der Waals surface area contributed by atoms with Gasteiger partial charge in [-0.05, 0) is 36.0 Å². The van der Waals surface area contributed by atoms with E-state index in [0.717, 1.165) is 26.1 Å². The van der Waals surface area contributed by atoms with Crippen molar-refractivity contribution in [1.82, 2.24) is 4.90 Å². The van der Waals surface area contributed by atoms with Crippen molar-refractivity contribution in [2.24, 2.45) is 11.8 Å². The molecule has 1 N–H and O–H groups in total. The van der Waals surface area contributed by atoms with Crippen LogP contribution in [0.2, 0.25) is 0 Å². The molecule has 2 aliphatic rings. The average molecular weight is 362 g/mol. The van der Waals surface area contributed by atoms with Crippen molar-refractivity contribution in [2.45, 2.75) is 18.8 Å². The highest BCUT2D eigenvalue weighted by molar-refractivity contribution is 7.92. The van der Waals surface area contributed by atoms with E-state index in [-0.39, 0.29) is 5.41 Å². The summed E-state index contributed by atoms with van der Waals surface area (Å²) >= 11 is 0. The fourth-order valence-electron chi connectivity index (χ4n) is 4.57. The van der Waals surface area contributed by atoms with Crippen molar-refractivity contribution >= 4 is 15.7 Å². The fraction of sp³-hybridized carbons (Fsp3) is 0.579. The van der Waals surface area contributed by atoms with E-state index in [0.29, 0.717) is 30.7 Å². The van der Waals surface area contributed by atoms with Gasteiger partial charge in [-0.25, -0.2) is 8.42 Å². The molecule has 1 aromatic carbocycles. The second-order valence-electron chi connectivity index (χ2n) is 7.08. The van der Waals surface area contributed by atoms with Crippen LogP contribution in [0.5, 0.6) is 0 Å². The maximum Gasteiger partial charge on any atom is 0.229 e. The molecule has 3 rings (SSSR count). The molecule has 1 saturated heterocycles. The molecule has 1 saturated carbocycles. The van der Waals surface area contributed by atoms with Crippen LogP contribution in [0, 0.1) is 24.2 Å². The van der Waals surface area contributed by atoms with E-state index in [4.69, 9.17) is 11.2 Å². The second-order valence-corrected chi connectivity index (χ2v) is 8.83. The lowest BCUT2D eigenvalue weighted by atomic mass is 9.87. The van der Waals surface area contributed by atoms with Gasteiger partial charge in [-0.15, -0.1) is 6.42 Å². The van der Waals surface area contributed by atoms with E-state index < -0.39 is 10.0 Å². The van der Waals surface area contributed by atoms with Gasteiger partial charge in [0, 0.05) is 30.7 Å². The molecular formula is C19H26N2O3S. The minimum absolute atomic E-state index is 0.186. The van der Waals surface area contributed by atoms with Crippen LogP contribution in [0.15, 0.2) is 24.3 Å². The number of piperidine rings is 1. The molecule has 5 nitrogen and oxygen atoms in total. The van der Waals surface area contributed by atoms with E-state index in [9.17, 15) is 8.42 Å². The zero-order valence-corrected chi connectivity index (χ0v) is 15.7. The number of rotatable bonds is 8. The summed E-state index contributed by atoms with van der Waals surface area (Å²) in [4.78, 5) is 2.44. The summed E-state index contributed by atoms with van der Waals surface area (Å²) in [6.07, 6.45) is 7.45. The highest BCUT2D eigenvalue weighted by Crippen LogP contribution is 2.65. The van der Waals surface area contributed by atoms with Gasteiger partial charge in [-0.2, -0.15) is 0 Å². The van der Waals surface area contributed by atoms with Crippen molar-refractivity contribution in [3.05, 3.63) is 29.8 Å². The Bertz CT molecular complexity index is 757. The molecule has 0 spiro atoms. The van der Waals surface area contributed by atoms with Crippen molar-refractivity contribution in [3.8, 4) is 12.3 Å². The van der Waals surface area contributed by atoms with E-state index in [1.54, 1.807) is 6.07 Å². The summed E-state index contributed by atoms with van der Waals surface area (Å²) in [6, 6.07) is 7.89. The highest BCUT2D eigenvalue weighted by Gasteiger charge is 2.67. The Labute approximate surface area is 150 Å². The van der Waals surface area contributed by atoms with Gasteiger partial charge < -0.3 is 9.64 Å². The molecule has 0 amide bonds. The topological polar surface area (TPSA) is 58.6 Å². The lowest BCUT2D eigenvalue weighted by molar-refractivity contribution is 0.128. The van der Waals surface area contributed by atoms with Gasteiger partial charge in [0.25, 0.3) is 0 Å². The first-order valence-electron chi connectivity index (χ1n) is 8.72. The minimum Gasteiger partial charge on any atom is -0.367 e. The third kappa shape index (κ3) is 3.69. The van der Waals surface area contributed by atoms with Crippen LogP contribution >= 0.6 is 0 Å². The molecular weight excluding hydrogens is 336 g/mol. The van der Waals surface area contributed by atoms with Gasteiger partial charge in [0.2, 0.25) is 10.0 Å². The van der Waals surface area contributed by atoms with Crippen LogP contribution in [-0.4, -0.2) is 52.4 Å². The van der Waals surface area contributed by atoms with Gasteiger partial charge in [0.15, 0.2) is 0 Å². The van der Waals surface area contributed by atoms with Crippen LogP contribution in [0.25, 0.3) is 0 Å². The van der Waals surface area contributed by atoms with Crippen LogP contribution in [-0.2, 0) is 20.2 Å². The van der Waals surface area contributed by atoms with Crippen LogP contribution in [0.1, 0.15) is 18.9 Å². The number of nitrogens with zero attached hydrogens (tertiary/aromatic N) is 1. The zero-order valence-electron chi connectivity index (χ0n) is 14.9. The number of ether oxygens (including phenoxy) is 1. The van der Waals surface area contributed by atoms with Crippen molar-refractivity contribution in [3.63, 3.8) is 0 Å². The third-order valence-electron chi connectivity index (χ3n) is 5.64. The maximum atomic E-state index is 11.5. The Morgan fingerprint density at radius 3 is 2.72 bits per heavy atom. The number of fused-ring (bicyclic) bond motifs is 1. The summed E-state index contributed by atoms with van der Waals surface area (Å²) in [5.41, 5.74) is 2.09. The number of anilines is 1. The second kappa shape index (κ2) is 6.99. The molecule has 1 aliphatic carbocycles. The first kappa shape index (κ1) is 18.2. The molecule has 0 radical (unpaired) electrons. The lowest BCUT2D eigenvalue weighted by Gasteiger charge is -2.26. The first-order chi connectivity index (χ1) is 11.9. The summed E-state index contributed by atoms with van der Waals surface area (Å²) in [5, 5.41) is 0. The van der Waals surface area contributed by atoms with Crippen LogP contribution < -0.4 is 4.72 Å². The largest absolute Gasteiger partial charge is 0.367 e. The predicted octanol–water partition coefficient (Wildman–Crippen LogP) is 1.92. The van der Waals surface area contributed by atoms with Crippen molar-refractivity contribution in [2.75, 3.05) is 43.8 Å². The molecule has 136 valence electrons. The summed E-state index contributed by atoms with van der Waals surface area (Å²) in [6.45, 7) is 6.35. The summed E-state index contributed by atoms with van der Waals surface area (Å²) in [7, 11) is -3.25. The Kier molecular flexibility index (Phi) is 5.10. The molecule has 1 aromatic rings. The summed E-state index contributed by atoms with van der Waals surface area (Å²) in [5.74, 6) is 3.76. The van der Waals surface area contributed by atoms with Gasteiger partial charge in [0.05, 0.1) is 12.9 Å². The van der Waals surface area contributed by atoms with Crippen molar-refractivity contribution < 1.29 is 13.2 Å². The quantitative estimate of drug-likeness (QED) is 0.567. The van der Waals surface area contributed by atoms with Gasteiger partial charge in [-0.3, -0.25) is 4.72 Å². The van der Waals surface area contributed by atoms with Crippen molar-refractivity contribution in [1.29, 1.82) is 0 Å². The molecule has 0 bridgehead atoms. The molecule has 0 aromatic heterocycles. The zero-order chi connectivity index (χ0) is 18.1. The van der Waals surface area contributed by atoms with E-state index in [2.05, 4.69) is 28.5 Å². The Balaban J connectivity index is 1.66. The smallest absolute Gasteiger partial charge is 0.229 e. The molecule has 6 heteroatoms. The van der Waals surface area contributed by atoms with Crippen LogP contribution in [0.4, 0.5) is 5.69 Å². The molecule has 2 fully saturated rings. The predicted molar refractivity (Wildman–Crippen MR) is 99.9 cm³/mol. The van der Waals surface area contributed by atoms with E-state index in [1.807, 2.05) is 12.1 Å². The number of benzene rings is 1. The third-order valence-corrected chi connectivity index (χ3v) is 6.24. The SMILES string of the molecule is C#CCOCCN1CC2C(C1)C2(CC)c1cccc(NS(C)(=O)=O)c1. The standard InChI is InChI=1S/C19H26N2O3S/c1-4-10-24-11-9-21-13-17-18(14-21)19(17,5-2)15-7-6-8-16(12-15)20-25(3,22)23/h1,6-8,12,17-18,20H,5,9-11,13-14H2,2-3H3. The summed E-state index contributed by atoms with van der Waals surface area (Å²) < 4.78 is 30.9. The number of sulfonamides is 1. The van der Waals surface area contributed by atoms with E-state index in [1.165, 1.54) is 11.8 Å². The monoisotopic (exact) mass is 362 g/mol. The fourth-order valence-corrected chi connectivity index (χ4v) is 5.12.